The maximum absolute atomic E-state index is 10.6. The number of benzene rings is 1. The zero-order valence-electron chi connectivity index (χ0n) is 6.65. The fourth-order valence-electron chi connectivity index (χ4n) is 1.07. The van der Waals surface area contributed by atoms with E-state index in [9.17, 15) is 4.79 Å². The summed E-state index contributed by atoms with van der Waals surface area (Å²) in [7, 11) is 0. The third-order valence-corrected chi connectivity index (χ3v) is 2.76. The molecule has 0 saturated carbocycles. The van der Waals surface area contributed by atoms with Gasteiger partial charge in [0, 0.05) is 11.1 Å². The molecule has 4 heteroatoms. The predicted molar refractivity (Wildman–Crippen MR) is 51.6 cm³/mol. The number of para-hydroxylation sites is 1. The van der Waals surface area contributed by atoms with Gasteiger partial charge in [0.2, 0.25) is 0 Å². The van der Waals surface area contributed by atoms with Gasteiger partial charge in [-0.3, -0.25) is 0 Å². The lowest BCUT2D eigenvalue weighted by atomic mass is 10.3. The molecule has 3 nitrogen and oxygen atoms in total. The SMILES string of the molecule is O=C(O)C1=CNc2ccccc2S1. The highest BCUT2D eigenvalue weighted by Gasteiger charge is 2.15. The predicted octanol–water partition coefficient (Wildman–Crippen LogP) is 2.13. The Labute approximate surface area is 79.5 Å². The van der Waals surface area contributed by atoms with Gasteiger partial charge in [0.1, 0.15) is 4.91 Å². The lowest BCUT2D eigenvalue weighted by Gasteiger charge is -2.14. The van der Waals surface area contributed by atoms with E-state index in [0.717, 1.165) is 10.6 Å². The van der Waals surface area contributed by atoms with Gasteiger partial charge in [-0.1, -0.05) is 23.9 Å². The number of anilines is 1. The molecule has 13 heavy (non-hydrogen) atoms. The summed E-state index contributed by atoms with van der Waals surface area (Å²) in [5.41, 5.74) is 0.956. The average molecular weight is 193 g/mol. The van der Waals surface area contributed by atoms with Crippen molar-refractivity contribution in [3.63, 3.8) is 0 Å². The van der Waals surface area contributed by atoms with Gasteiger partial charge in [0.15, 0.2) is 0 Å². The van der Waals surface area contributed by atoms with Crippen LogP contribution in [-0.2, 0) is 4.79 Å². The van der Waals surface area contributed by atoms with Gasteiger partial charge in [0.05, 0.1) is 5.69 Å². The molecule has 0 fully saturated rings. The van der Waals surface area contributed by atoms with Crippen LogP contribution >= 0.6 is 11.8 Å². The zero-order valence-corrected chi connectivity index (χ0v) is 7.47. The van der Waals surface area contributed by atoms with Crippen molar-refractivity contribution in [1.82, 2.24) is 0 Å². The molecule has 1 aromatic carbocycles. The summed E-state index contributed by atoms with van der Waals surface area (Å²) in [5, 5.41) is 11.7. The lowest BCUT2D eigenvalue weighted by molar-refractivity contribution is -0.131. The van der Waals surface area contributed by atoms with E-state index in [1.165, 1.54) is 18.0 Å². The monoisotopic (exact) mass is 193 g/mol. The van der Waals surface area contributed by atoms with Crippen LogP contribution in [0.4, 0.5) is 5.69 Å². The Morgan fingerprint density at radius 3 is 2.92 bits per heavy atom. The number of aliphatic carboxylic acids is 1. The molecule has 1 heterocycles. The molecule has 0 aliphatic carbocycles. The first kappa shape index (κ1) is 8.19. The highest BCUT2D eigenvalue weighted by atomic mass is 32.2. The number of carbonyl (C=O) groups is 1. The maximum Gasteiger partial charge on any atom is 0.344 e. The van der Waals surface area contributed by atoms with E-state index in [1.54, 1.807) is 0 Å². The van der Waals surface area contributed by atoms with Gasteiger partial charge in [-0.05, 0) is 12.1 Å². The van der Waals surface area contributed by atoms with Crippen LogP contribution in [0.5, 0.6) is 0 Å². The molecule has 1 aliphatic rings. The number of carboxylic acid groups (broad SMARTS) is 1. The van der Waals surface area contributed by atoms with Crippen LogP contribution < -0.4 is 5.32 Å². The van der Waals surface area contributed by atoms with Crippen LogP contribution in [0.2, 0.25) is 0 Å². The number of nitrogens with one attached hydrogen (secondary N) is 1. The maximum atomic E-state index is 10.6. The zero-order chi connectivity index (χ0) is 9.26. The van der Waals surface area contributed by atoms with Crippen LogP contribution in [0.25, 0.3) is 0 Å². The molecule has 1 aliphatic heterocycles. The van der Waals surface area contributed by atoms with Crippen molar-refractivity contribution in [2.45, 2.75) is 4.90 Å². The van der Waals surface area contributed by atoms with Gasteiger partial charge < -0.3 is 10.4 Å². The smallest absolute Gasteiger partial charge is 0.344 e. The normalized spacial score (nSPS) is 14.0. The summed E-state index contributed by atoms with van der Waals surface area (Å²) in [6.07, 6.45) is 1.51. The lowest BCUT2D eigenvalue weighted by Crippen LogP contribution is -2.05. The Morgan fingerprint density at radius 2 is 2.15 bits per heavy atom. The van der Waals surface area contributed by atoms with Crippen LogP contribution in [0, 0.1) is 0 Å². The summed E-state index contributed by atoms with van der Waals surface area (Å²) in [4.78, 5) is 11.9. The van der Waals surface area contributed by atoms with E-state index in [-0.39, 0.29) is 0 Å². The van der Waals surface area contributed by atoms with Crippen molar-refractivity contribution in [3.05, 3.63) is 35.4 Å². The van der Waals surface area contributed by atoms with Crippen LogP contribution in [0.15, 0.2) is 40.3 Å². The minimum absolute atomic E-state index is 0.318. The molecule has 0 aromatic heterocycles. The van der Waals surface area contributed by atoms with Crippen molar-refractivity contribution in [1.29, 1.82) is 0 Å². The van der Waals surface area contributed by atoms with Crippen molar-refractivity contribution in [2.24, 2.45) is 0 Å². The van der Waals surface area contributed by atoms with Crippen LogP contribution in [0.3, 0.4) is 0 Å². The van der Waals surface area contributed by atoms with Crippen LogP contribution in [0.1, 0.15) is 0 Å². The topological polar surface area (TPSA) is 49.3 Å². The second-order valence-electron chi connectivity index (χ2n) is 2.56. The minimum atomic E-state index is -0.896. The van der Waals surface area contributed by atoms with Gasteiger partial charge >= 0.3 is 5.97 Å². The average Bonchev–Trinajstić information content (AvgIpc) is 2.17. The standard InChI is InChI=1S/C9H7NO2S/c11-9(12)8-5-10-6-3-1-2-4-7(6)13-8/h1-5,10H,(H,11,12). The Bertz CT molecular complexity index is 387. The molecule has 1 aromatic rings. The molecule has 2 rings (SSSR count). The number of hydrogen-bond acceptors (Lipinski definition) is 3. The fourth-order valence-corrected chi connectivity index (χ4v) is 1.90. The highest BCUT2D eigenvalue weighted by molar-refractivity contribution is 8.04. The number of thioether (sulfide) groups is 1. The third kappa shape index (κ3) is 1.53. The second kappa shape index (κ2) is 3.14. The molecular formula is C9H7NO2S. The van der Waals surface area contributed by atoms with Crippen LogP contribution in [-0.4, -0.2) is 11.1 Å². The quantitative estimate of drug-likeness (QED) is 0.717. The number of hydrogen-bond donors (Lipinski definition) is 2. The Kier molecular flexibility index (Phi) is 1.98. The Morgan fingerprint density at radius 1 is 1.38 bits per heavy atom. The second-order valence-corrected chi connectivity index (χ2v) is 3.64. The van der Waals surface area contributed by atoms with E-state index in [4.69, 9.17) is 5.11 Å². The Balaban J connectivity index is 2.33. The van der Waals surface area contributed by atoms with E-state index >= 15 is 0 Å². The van der Waals surface area contributed by atoms with Crippen molar-refractivity contribution in [3.8, 4) is 0 Å². The summed E-state index contributed by atoms with van der Waals surface area (Å²) in [6, 6.07) is 7.60. The molecule has 66 valence electrons. The molecule has 2 N–H and O–H groups in total. The molecule has 0 saturated heterocycles. The molecule has 0 atom stereocenters. The van der Waals surface area contributed by atoms with E-state index in [0.29, 0.717) is 4.91 Å². The van der Waals surface area contributed by atoms with E-state index < -0.39 is 5.97 Å². The largest absolute Gasteiger partial charge is 0.477 e. The summed E-state index contributed by atoms with van der Waals surface area (Å²) < 4.78 is 0. The molecule has 0 unspecified atom stereocenters. The first-order valence-corrected chi connectivity index (χ1v) is 4.56. The molecular weight excluding hydrogens is 186 g/mol. The summed E-state index contributed by atoms with van der Waals surface area (Å²) in [6.45, 7) is 0. The summed E-state index contributed by atoms with van der Waals surface area (Å²) >= 11 is 1.26. The first-order valence-electron chi connectivity index (χ1n) is 3.74. The van der Waals surface area contributed by atoms with Crippen molar-refractivity contribution in [2.75, 3.05) is 5.32 Å². The third-order valence-electron chi connectivity index (χ3n) is 1.68. The molecule has 0 spiro atoms. The van der Waals surface area contributed by atoms with Gasteiger partial charge in [-0.15, -0.1) is 0 Å². The van der Waals surface area contributed by atoms with Gasteiger partial charge in [-0.2, -0.15) is 0 Å². The number of carboxylic acids is 1. The fraction of sp³-hybridized carbons (Fsp3) is 0. The molecule has 0 bridgehead atoms. The number of rotatable bonds is 1. The van der Waals surface area contributed by atoms with E-state index in [1.807, 2.05) is 24.3 Å². The first-order chi connectivity index (χ1) is 6.27. The van der Waals surface area contributed by atoms with Crippen molar-refractivity contribution < 1.29 is 9.90 Å². The summed E-state index contributed by atoms with van der Waals surface area (Å²) in [5.74, 6) is -0.896. The molecule has 0 amide bonds. The van der Waals surface area contributed by atoms with Gasteiger partial charge in [0.25, 0.3) is 0 Å². The van der Waals surface area contributed by atoms with E-state index in [2.05, 4.69) is 5.32 Å². The Hall–Kier alpha value is -1.42. The van der Waals surface area contributed by atoms with Crippen molar-refractivity contribution >= 4 is 23.4 Å². The molecule has 0 radical (unpaired) electrons. The van der Waals surface area contributed by atoms with Gasteiger partial charge in [-0.25, -0.2) is 4.79 Å². The minimum Gasteiger partial charge on any atom is -0.477 e. The highest BCUT2D eigenvalue weighted by Crippen LogP contribution is 2.36. The number of fused-ring (bicyclic) bond motifs is 1.